The summed E-state index contributed by atoms with van der Waals surface area (Å²) < 4.78 is 0. The zero-order valence-corrected chi connectivity index (χ0v) is 5.92. The number of aliphatic hydroxyl groups is 1. The number of primary amides is 1. The molecular formula is C5H13N3O2. The Morgan fingerprint density at radius 1 is 1.80 bits per heavy atom. The number of nitrogens with two attached hydrogens (primary N) is 1. The Bertz CT molecular complexity index is 105. The highest BCUT2D eigenvalue weighted by Gasteiger charge is 1.93. The van der Waals surface area contributed by atoms with Crippen molar-refractivity contribution in [1.82, 2.24) is 10.6 Å². The highest BCUT2D eigenvalue weighted by molar-refractivity contribution is 5.71. The lowest BCUT2D eigenvalue weighted by atomic mass is 10.4. The number of carbonyl (C=O) groups excluding carboxylic acids is 1. The fraction of sp³-hybridized carbons (Fsp3) is 0.800. The van der Waals surface area contributed by atoms with Gasteiger partial charge in [0.05, 0.1) is 12.8 Å². The van der Waals surface area contributed by atoms with Crippen LogP contribution in [0.1, 0.15) is 6.92 Å². The van der Waals surface area contributed by atoms with E-state index in [0.29, 0.717) is 13.2 Å². The standard InChI is InChI=1S/C5H13N3O2/c1-4(9)2-7-3-8-5(6)10/h4,7,9H,2-3H2,1H3,(H3,6,8,10). The number of rotatable bonds is 4. The van der Waals surface area contributed by atoms with Crippen LogP contribution in [0.25, 0.3) is 0 Å². The van der Waals surface area contributed by atoms with Crippen LogP contribution in [0.15, 0.2) is 0 Å². The SMILES string of the molecule is CC(O)CNCNC(N)=O. The molecule has 0 saturated carbocycles. The molecule has 0 aromatic carbocycles. The molecule has 10 heavy (non-hydrogen) atoms. The first kappa shape index (κ1) is 9.19. The van der Waals surface area contributed by atoms with Gasteiger partial charge in [-0.05, 0) is 6.92 Å². The van der Waals surface area contributed by atoms with Gasteiger partial charge >= 0.3 is 6.03 Å². The fourth-order valence-electron chi connectivity index (χ4n) is 0.431. The summed E-state index contributed by atoms with van der Waals surface area (Å²) in [6, 6.07) is -0.571. The topological polar surface area (TPSA) is 87.4 Å². The maximum absolute atomic E-state index is 10.1. The first-order valence-electron chi connectivity index (χ1n) is 3.05. The molecule has 0 bridgehead atoms. The molecule has 0 aliphatic carbocycles. The molecule has 0 fully saturated rings. The molecule has 60 valence electrons. The van der Waals surface area contributed by atoms with Crippen molar-refractivity contribution in [2.75, 3.05) is 13.2 Å². The lowest BCUT2D eigenvalue weighted by molar-refractivity contribution is 0.190. The maximum atomic E-state index is 10.1. The van der Waals surface area contributed by atoms with Crippen LogP contribution >= 0.6 is 0 Å². The van der Waals surface area contributed by atoms with Crippen LogP contribution < -0.4 is 16.4 Å². The fourth-order valence-corrected chi connectivity index (χ4v) is 0.431. The summed E-state index contributed by atoms with van der Waals surface area (Å²) in [4.78, 5) is 10.1. The molecular weight excluding hydrogens is 134 g/mol. The molecule has 0 aliphatic heterocycles. The van der Waals surface area contributed by atoms with Crippen molar-refractivity contribution in [2.24, 2.45) is 5.73 Å². The maximum Gasteiger partial charge on any atom is 0.313 e. The Labute approximate surface area is 59.6 Å². The molecule has 0 saturated heterocycles. The third-order valence-electron chi connectivity index (χ3n) is 0.827. The molecule has 1 unspecified atom stereocenters. The molecule has 5 heteroatoms. The van der Waals surface area contributed by atoms with E-state index in [2.05, 4.69) is 10.6 Å². The molecule has 5 nitrogen and oxygen atoms in total. The van der Waals surface area contributed by atoms with Gasteiger partial charge in [-0.25, -0.2) is 4.79 Å². The summed E-state index contributed by atoms with van der Waals surface area (Å²) in [7, 11) is 0. The van der Waals surface area contributed by atoms with E-state index in [9.17, 15) is 4.79 Å². The summed E-state index contributed by atoms with van der Waals surface area (Å²) in [5.41, 5.74) is 4.76. The predicted molar refractivity (Wildman–Crippen MR) is 37.3 cm³/mol. The molecule has 0 rings (SSSR count). The van der Waals surface area contributed by atoms with Gasteiger partial charge in [0.1, 0.15) is 0 Å². The second-order valence-electron chi connectivity index (χ2n) is 2.02. The molecule has 0 radical (unpaired) electrons. The third-order valence-corrected chi connectivity index (χ3v) is 0.827. The Balaban J connectivity index is 2.98. The Kier molecular flexibility index (Phi) is 4.61. The second kappa shape index (κ2) is 5.01. The molecule has 2 amide bonds. The van der Waals surface area contributed by atoms with Crippen molar-refractivity contribution < 1.29 is 9.90 Å². The second-order valence-corrected chi connectivity index (χ2v) is 2.02. The molecule has 0 heterocycles. The largest absolute Gasteiger partial charge is 0.392 e. The molecule has 1 atom stereocenters. The van der Waals surface area contributed by atoms with Gasteiger partial charge in [0.15, 0.2) is 0 Å². The van der Waals surface area contributed by atoms with Crippen molar-refractivity contribution in [3.05, 3.63) is 0 Å². The summed E-state index contributed by atoms with van der Waals surface area (Å²) >= 11 is 0. The molecule has 0 aromatic rings. The summed E-state index contributed by atoms with van der Waals surface area (Å²) in [6.07, 6.45) is -0.408. The minimum atomic E-state index is -0.571. The molecule has 5 N–H and O–H groups in total. The van der Waals surface area contributed by atoms with Crippen molar-refractivity contribution in [3.8, 4) is 0 Å². The highest BCUT2D eigenvalue weighted by Crippen LogP contribution is 1.71. The van der Waals surface area contributed by atoms with Gasteiger partial charge in [-0.3, -0.25) is 5.32 Å². The number of urea groups is 1. The van der Waals surface area contributed by atoms with Crippen molar-refractivity contribution >= 4 is 6.03 Å². The normalized spacial score (nSPS) is 12.6. The van der Waals surface area contributed by atoms with E-state index in [4.69, 9.17) is 10.8 Å². The number of aliphatic hydroxyl groups excluding tert-OH is 1. The van der Waals surface area contributed by atoms with Gasteiger partial charge in [0, 0.05) is 6.54 Å². The first-order chi connectivity index (χ1) is 4.63. The van der Waals surface area contributed by atoms with E-state index in [1.54, 1.807) is 6.92 Å². The number of hydrogen-bond acceptors (Lipinski definition) is 3. The van der Waals surface area contributed by atoms with Crippen LogP contribution in [-0.2, 0) is 0 Å². The van der Waals surface area contributed by atoms with Crippen molar-refractivity contribution in [3.63, 3.8) is 0 Å². The van der Waals surface area contributed by atoms with Crippen LogP contribution in [0.4, 0.5) is 4.79 Å². The Morgan fingerprint density at radius 3 is 2.80 bits per heavy atom. The Morgan fingerprint density at radius 2 is 2.40 bits per heavy atom. The summed E-state index contributed by atoms with van der Waals surface area (Å²) in [6.45, 7) is 2.39. The summed E-state index contributed by atoms with van der Waals surface area (Å²) in [5, 5.41) is 13.8. The monoisotopic (exact) mass is 147 g/mol. The van der Waals surface area contributed by atoms with Gasteiger partial charge in [-0.2, -0.15) is 0 Å². The van der Waals surface area contributed by atoms with Gasteiger partial charge in [-0.15, -0.1) is 0 Å². The van der Waals surface area contributed by atoms with Gasteiger partial charge < -0.3 is 16.2 Å². The van der Waals surface area contributed by atoms with E-state index in [1.165, 1.54) is 0 Å². The van der Waals surface area contributed by atoms with Crippen LogP contribution in [0.5, 0.6) is 0 Å². The number of carbonyl (C=O) groups is 1. The first-order valence-corrected chi connectivity index (χ1v) is 3.05. The minimum absolute atomic E-state index is 0.292. The van der Waals surface area contributed by atoms with E-state index in [1.807, 2.05) is 0 Å². The van der Waals surface area contributed by atoms with Gasteiger partial charge in [0.2, 0.25) is 0 Å². The lowest BCUT2D eigenvalue weighted by Crippen LogP contribution is -2.39. The number of amides is 2. The van der Waals surface area contributed by atoms with Crippen LogP contribution in [0.3, 0.4) is 0 Å². The average Bonchev–Trinajstić information content (AvgIpc) is 1.79. The van der Waals surface area contributed by atoms with Gasteiger partial charge in [-0.1, -0.05) is 0 Å². The lowest BCUT2D eigenvalue weighted by Gasteiger charge is -2.05. The average molecular weight is 147 g/mol. The van der Waals surface area contributed by atoms with Gasteiger partial charge in [0.25, 0.3) is 0 Å². The smallest absolute Gasteiger partial charge is 0.313 e. The van der Waals surface area contributed by atoms with Crippen LogP contribution in [0, 0.1) is 0 Å². The van der Waals surface area contributed by atoms with E-state index in [-0.39, 0.29) is 0 Å². The van der Waals surface area contributed by atoms with E-state index >= 15 is 0 Å². The van der Waals surface area contributed by atoms with Crippen molar-refractivity contribution in [2.45, 2.75) is 13.0 Å². The zero-order chi connectivity index (χ0) is 7.98. The van der Waals surface area contributed by atoms with Crippen LogP contribution in [-0.4, -0.2) is 30.5 Å². The molecule has 0 spiro atoms. The van der Waals surface area contributed by atoms with Crippen LogP contribution in [0.2, 0.25) is 0 Å². The third kappa shape index (κ3) is 7.19. The Hall–Kier alpha value is -0.810. The molecule has 0 aliphatic rings. The summed E-state index contributed by atoms with van der Waals surface area (Å²) in [5.74, 6) is 0. The number of nitrogens with one attached hydrogen (secondary N) is 2. The molecule has 0 aromatic heterocycles. The quantitative estimate of drug-likeness (QED) is 0.291. The zero-order valence-electron chi connectivity index (χ0n) is 5.92. The minimum Gasteiger partial charge on any atom is -0.392 e. The van der Waals surface area contributed by atoms with E-state index < -0.39 is 12.1 Å². The van der Waals surface area contributed by atoms with E-state index in [0.717, 1.165) is 0 Å². The highest BCUT2D eigenvalue weighted by atomic mass is 16.3. The van der Waals surface area contributed by atoms with Crippen molar-refractivity contribution in [1.29, 1.82) is 0 Å². The number of hydrogen-bond donors (Lipinski definition) is 4. The predicted octanol–water partition coefficient (Wildman–Crippen LogP) is -1.42.